The lowest BCUT2D eigenvalue weighted by molar-refractivity contribution is -0.384. The van der Waals surface area contributed by atoms with Crippen LogP contribution in [0.4, 0.5) is 5.69 Å². The van der Waals surface area contributed by atoms with Crippen LogP contribution in [0.5, 0.6) is 5.75 Å². The van der Waals surface area contributed by atoms with E-state index in [0.29, 0.717) is 18.9 Å². The van der Waals surface area contributed by atoms with Gasteiger partial charge >= 0.3 is 0 Å². The van der Waals surface area contributed by atoms with E-state index >= 15 is 0 Å². The third-order valence-electron chi connectivity index (χ3n) is 1.66. The second kappa shape index (κ2) is 5.94. The average Bonchev–Trinajstić information content (AvgIpc) is 2.25. The zero-order valence-corrected chi connectivity index (χ0v) is 8.30. The highest BCUT2D eigenvalue weighted by atomic mass is 16.6. The fraction of sp³-hybridized carbons (Fsp3) is 0.333. The Labute approximate surface area is 86.9 Å². The Kier molecular flexibility index (Phi) is 4.52. The number of hydrogen-bond donors (Lipinski definition) is 1. The van der Waals surface area contributed by atoms with Crippen LogP contribution in [0.3, 0.4) is 0 Å². The Hall–Kier alpha value is -1.66. The zero-order chi connectivity index (χ0) is 11.1. The first-order valence-corrected chi connectivity index (χ1v) is 4.37. The molecule has 0 heterocycles. The summed E-state index contributed by atoms with van der Waals surface area (Å²) >= 11 is 0. The normalized spacial score (nSPS) is 9.93. The standard InChI is InChI=1S/C9H12N2O4/c1-14-10-6-7-15-9-4-2-8(3-5-9)11(12)13/h2-5,10H,6-7H2,1H3. The summed E-state index contributed by atoms with van der Waals surface area (Å²) in [6, 6.07) is 5.92. The van der Waals surface area contributed by atoms with E-state index in [2.05, 4.69) is 10.3 Å². The molecule has 6 heteroatoms. The van der Waals surface area contributed by atoms with Crippen molar-refractivity contribution >= 4 is 5.69 Å². The number of nitro benzene ring substituents is 1. The molecule has 15 heavy (non-hydrogen) atoms. The van der Waals surface area contributed by atoms with Gasteiger partial charge in [0.2, 0.25) is 0 Å². The molecule has 0 fully saturated rings. The van der Waals surface area contributed by atoms with Crippen LogP contribution in [0.1, 0.15) is 0 Å². The minimum atomic E-state index is -0.448. The lowest BCUT2D eigenvalue weighted by Gasteiger charge is -2.05. The topological polar surface area (TPSA) is 73.6 Å². The lowest BCUT2D eigenvalue weighted by atomic mass is 10.3. The summed E-state index contributed by atoms with van der Waals surface area (Å²) in [6.07, 6.45) is 0. The second-order valence-electron chi connectivity index (χ2n) is 2.70. The highest BCUT2D eigenvalue weighted by Crippen LogP contribution is 2.16. The van der Waals surface area contributed by atoms with Crippen LogP contribution in [-0.4, -0.2) is 25.2 Å². The molecule has 0 saturated carbocycles. The quantitative estimate of drug-likeness (QED) is 0.434. The van der Waals surface area contributed by atoms with Crippen molar-refractivity contribution < 1.29 is 14.5 Å². The van der Waals surface area contributed by atoms with E-state index in [0.717, 1.165) is 0 Å². The average molecular weight is 212 g/mol. The molecule has 6 nitrogen and oxygen atoms in total. The molecule has 0 aliphatic heterocycles. The van der Waals surface area contributed by atoms with E-state index in [1.165, 1.54) is 19.2 Å². The van der Waals surface area contributed by atoms with Gasteiger partial charge in [-0.25, -0.2) is 0 Å². The van der Waals surface area contributed by atoms with Crippen molar-refractivity contribution in [2.24, 2.45) is 0 Å². The SMILES string of the molecule is CONCCOc1ccc([N+](=O)[O-])cc1. The number of nitro groups is 1. The van der Waals surface area contributed by atoms with Gasteiger partial charge in [-0.3, -0.25) is 10.1 Å². The Morgan fingerprint density at radius 3 is 2.60 bits per heavy atom. The molecule has 1 N–H and O–H groups in total. The van der Waals surface area contributed by atoms with Gasteiger partial charge in [0.1, 0.15) is 12.4 Å². The monoisotopic (exact) mass is 212 g/mol. The molecule has 0 aliphatic carbocycles. The number of non-ortho nitro benzene ring substituents is 1. The van der Waals surface area contributed by atoms with Gasteiger partial charge in [0.05, 0.1) is 18.6 Å². The molecule has 0 aromatic heterocycles. The number of benzene rings is 1. The van der Waals surface area contributed by atoms with Crippen molar-refractivity contribution in [3.63, 3.8) is 0 Å². The molecule has 0 aliphatic rings. The van der Waals surface area contributed by atoms with E-state index in [1.54, 1.807) is 12.1 Å². The van der Waals surface area contributed by atoms with Crippen molar-refractivity contribution in [2.75, 3.05) is 20.3 Å². The first kappa shape index (κ1) is 11.4. The number of ether oxygens (including phenoxy) is 1. The number of rotatable bonds is 6. The predicted molar refractivity (Wildman–Crippen MR) is 53.6 cm³/mol. The molecule has 1 aromatic carbocycles. The highest BCUT2D eigenvalue weighted by Gasteiger charge is 2.03. The van der Waals surface area contributed by atoms with E-state index in [4.69, 9.17) is 4.74 Å². The van der Waals surface area contributed by atoms with Crippen LogP contribution in [0.2, 0.25) is 0 Å². The number of hydroxylamine groups is 1. The molecule has 0 spiro atoms. The van der Waals surface area contributed by atoms with Gasteiger partial charge in [-0.15, -0.1) is 0 Å². The third-order valence-corrected chi connectivity index (χ3v) is 1.66. The molecule has 0 atom stereocenters. The minimum absolute atomic E-state index is 0.0531. The number of hydrogen-bond acceptors (Lipinski definition) is 5. The van der Waals surface area contributed by atoms with Crippen molar-refractivity contribution in [3.05, 3.63) is 34.4 Å². The molecule has 0 radical (unpaired) electrons. The van der Waals surface area contributed by atoms with Crippen LogP contribution in [-0.2, 0) is 4.84 Å². The van der Waals surface area contributed by atoms with Gasteiger partial charge in [0.25, 0.3) is 5.69 Å². The molecule has 0 unspecified atom stereocenters. The van der Waals surface area contributed by atoms with E-state index < -0.39 is 4.92 Å². The van der Waals surface area contributed by atoms with E-state index in [-0.39, 0.29) is 5.69 Å². The third kappa shape index (κ3) is 3.92. The molecule has 0 bridgehead atoms. The van der Waals surface area contributed by atoms with Gasteiger partial charge in [-0.2, -0.15) is 5.48 Å². The number of nitrogens with zero attached hydrogens (tertiary/aromatic N) is 1. The molecule has 0 saturated heterocycles. The number of nitrogens with one attached hydrogen (secondary N) is 1. The Morgan fingerprint density at radius 2 is 2.07 bits per heavy atom. The fourth-order valence-corrected chi connectivity index (χ4v) is 0.977. The maximum absolute atomic E-state index is 10.3. The second-order valence-corrected chi connectivity index (χ2v) is 2.70. The molecule has 1 rings (SSSR count). The van der Waals surface area contributed by atoms with Crippen molar-refractivity contribution in [1.82, 2.24) is 5.48 Å². The maximum atomic E-state index is 10.3. The van der Waals surface area contributed by atoms with Crippen LogP contribution >= 0.6 is 0 Å². The molecular formula is C9H12N2O4. The minimum Gasteiger partial charge on any atom is -0.492 e. The van der Waals surface area contributed by atoms with Gasteiger partial charge in [0, 0.05) is 12.1 Å². The van der Waals surface area contributed by atoms with Gasteiger partial charge in [-0.05, 0) is 12.1 Å². The largest absolute Gasteiger partial charge is 0.492 e. The Morgan fingerprint density at radius 1 is 1.40 bits per heavy atom. The summed E-state index contributed by atoms with van der Waals surface area (Å²) in [4.78, 5) is 14.5. The van der Waals surface area contributed by atoms with E-state index in [9.17, 15) is 10.1 Å². The molecule has 1 aromatic rings. The smallest absolute Gasteiger partial charge is 0.269 e. The predicted octanol–water partition coefficient (Wildman–Crippen LogP) is 1.12. The van der Waals surface area contributed by atoms with Crippen LogP contribution in [0.15, 0.2) is 24.3 Å². The summed E-state index contributed by atoms with van der Waals surface area (Å²) in [5.74, 6) is 0.596. The van der Waals surface area contributed by atoms with Crippen LogP contribution < -0.4 is 10.2 Å². The first-order chi connectivity index (χ1) is 7.24. The first-order valence-electron chi connectivity index (χ1n) is 4.37. The summed E-state index contributed by atoms with van der Waals surface area (Å²) in [5, 5.41) is 10.3. The summed E-state index contributed by atoms with van der Waals surface area (Å²) in [7, 11) is 1.52. The summed E-state index contributed by atoms with van der Waals surface area (Å²) in [5.41, 5.74) is 2.67. The zero-order valence-electron chi connectivity index (χ0n) is 8.30. The van der Waals surface area contributed by atoms with Crippen LogP contribution in [0.25, 0.3) is 0 Å². The highest BCUT2D eigenvalue weighted by molar-refractivity contribution is 5.35. The fourth-order valence-electron chi connectivity index (χ4n) is 0.977. The van der Waals surface area contributed by atoms with Crippen molar-refractivity contribution in [2.45, 2.75) is 0 Å². The molecular weight excluding hydrogens is 200 g/mol. The lowest BCUT2D eigenvalue weighted by Crippen LogP contribution is -2.19. The van der Waals surface area contributed by atoms with Gasteiger partial charge < -0.3 is 9.57 Å². The summed E-state index contributed by atoms with van der Waals surface area (Å²) < 4.78 is 5.28. The van der Waals surface area contributed by atoms with Gasteiger partial charge in [-0.1, -0.05) is 0 Å². The van der Waals surface area contributed by atoms with Crippen molar-refractivity contribution in [3.8, 4) is 5.75 Å². The summed E-state index contributed by atoms with van der Waals surface area (Å²) in [6.45, 7) is 0.985. The Bertz CT molecular complexity index is 312. The van der Waals surface area contributed by atoms with Gasteiger partial charge in [0.15, 0.2) is 0 Å². The molecule has 0 amide bonds. The maximum Gasteiger partial charge on any atom is 0.269 e. The molecule has 82 valence electrons. The Balaban J connectivity index is 2.39. The van der Waals surface area contributed by atoms with E-state index in [1.807, 2.05) is 0 Å². The van der Waals surface area contributed by atoms with Crippen LogP contribution in [0, 0.1) is 10.1 Å². The van der Waals surface area contributed by atoms with Crippen molar-refractivity contribution in [1.29, 1.82) is 0 Å².